The number of amides is 3. The molecule has 2 saturated heterocycles. The first-order chi connectivity index (χ1) is 12.4. The second-order valence-corrected chi connectivity index (χ2v) is 7.30. The summed E-state index contributed by atoms with van der Waals surface area (Å²) in [4.78, 5) is 28.3. The van der Waals surface area contributed by atoms with Gasteiger partial charge in [0.25, 0.3) is 0 Å². The maximum absolute atomic E-state index is 13.3. The van der Waals surface area contributed by atoms with Gasteiger partial charge in [0.05, 0.1) is 18.2 Å². The van der Waals surface area contributed by atoms with Crippen molar-refractivity contribution >= 4 is 23.5 Å². The smallest absolute Gasteiger partial charge is 0.318 e. The molecule has 0 bridgehead atoms. The molecule has 2 unspecified atom stereocenters. The Morgan fingerprint density at radius 2 is 2.15 bits per heavy atom. The van der Waals surface area contributed by atoms with Crippen LogP contribution in [-0.4, -0.2) is 60.1 Å². The molecule has 1 aromatic rings. The third kappa shape index (κ3) is 3.94. The van der Waals surface area contributed by atoms with E-state index in [1.165, 1.54) is 12.1 Å². The molecule has 2 fully saturated rings. The molecule has 0 aromatic heterocycles. The van der Waals surface area contributed by atoms with Crippen LogP contribution in [0.1, 0.15) is 31.9 Å². The van der Waals surface area contributed by atoms with Gasteiger partial charge in [-0.25, -0.2) is 9.18 Å². The minimum Gasteiger partial charge on any atom is -0.370 e. The molecule has 3 amide bonds. The number of urea groups is 1. The van der Waals surface area contributed by atoms with Gasteiger partial charge in [0, 0.05) is 19.1 Å². The predicted octanol–water partition coefficient (Wildman–Crippen LogP) is 2.57. The Balaban J connectivity index is 1.61. The van der Waals surface area contributed by atoms with E-state index in [1.807, 2.05) is 13.8 Å². The summed E-state index contributed by atoms with van der Waals surface area (Å²) in [6.45, 7) is 5.70. The summed E-state index contributed by atoms with van der Waals surface area (Å²) < 4.78 is 19.0. The van der Waals surface area contributed by atoms with Crippen LogP contribution >= 0.6 is 11.6 Å². The van der Waals surface area contributed by atoms with Gasteiger partial charge in [-0.05, 0) is 38.0 Å². The highest BCUT2D eigenvalue weighted by Gasteiger charge is 2.35. The molecule has 0 aliphatic carbocycles. The molecule has 8 heteroatoms. The number of hydrogen-bond donors (Lipinski definition) is 1. The van der Waals surface area contributed by atoms with Gasteiger partial charge in [-0.1, -0.05) is 17.7 Å². The fourth-order valence-corrected chi connectivity index (χ4v) is 3.53. The Bertz CT molecular complexity index is 700. The number of carbonyl (C=O) groups excluding carboxylic acids is 2. The van der Waals surface area contributed by atoms with Gasteiger partial charge in [0.15, 0.2) is 0 Å². The quantitative estimate of drug-likeness (QED) is 0.872. The van der Waals surface area contributed by atoms with Crippen LogP contribution in [0, 0.1) is 5.82 Å². The number of benzene rings is 1. The normalized spacial score (nSPS) is 23.7. The average Bonchev–Trinajstić information content (AvgIpc) is 2.98. The standard InChI is InChI=1S/C18H23ClFN3O3/c1-11(2)23-6-5-15(17(23)24)21-18(25)22-7-8-26-16(10-22)12-3-4-14(20)13(19)9-12/h3-4,9,11,15-16H,5-8,10H2,1-2H3,(H,21,25). The first-order valence-corrected chi connectivity index (χ1v) is 9.17. The van der Waals surface area contributed by atoms with Gasteiger partial charge in [-0.3, -0.25) is 4.79 Å². The van der Waals surface area contributed by atoms with Gasteiger partial charge in [-0.2, -0.15) is 0 Å². The molecule has 0 saturated carbocycles. The molecule has 2 aliphatic heterocycles. The highest BCUT2D eigenvalue weighted by Crippen LogP contribution is 2.26. The SMILES string of the molecule is CC(C)N1CCC(NC(=O)N2CCOC(c3ccc(F)c(Cl)c3)C2)C1=O. The first kappa shape index (κ1) is 18.9. The van der Waals surface area contributed by atoms with Gasteiger partial charge >= 0.3 is 6.03 Å². The van der Waals surface area contributed by atoms with Crippen molar-refractivity contribution in [2.24, 2.45) is 0 Å². The zero-order valence-electron chi connectivity index (χ0n) is 14.9. The number of likely N-dealkylation sites (tertiary alicyclic amines) is 1. The van der Waals surface area contributed by atoms with Crippen LogP contribution in [0.4, 0.5) is 9.18 Å². The Morgan fingerprint density at radius 3 is 2.81 bits per heavy atom. The lowest BCUT2D eigenvalue weighted by Crippen LogP contribution is -2.52. The molecule has 1 aromatic carbocycles. The van der Waals surface area contributed by atoms with Crippen LogP contribution in [0.25, 0.3) is 0 Å². The highest BCUT2D eigenvalue weighted by atomic mass is 35.5. The number of rotatable bonds is 3. The van der Waals surface area contributed by atoms with Gasteiger partial charge in [0.2, 0.25) is 5.91 Å². The van der Waals surface area contributed by atoms with Gasteiger partial charge in [0.1, 0.15) is 18.0 Å². The minimum atomic E-state index is -0.490. The lowest BCUT2D eigenvalue weighted by molar-refractivity contribution is -0.130. The van der Waals surface area contributed by atoms with E-state index in [2.05, 4.69) is 5.32 Å². The van der Waals surface area contributed by atoms with Crippen molar-refractivity contribution in [1.82, 2.24) is 15.1 Å². The van der Waals surface area contributed by atoms with Gasteiger partial charge < -0.3 is 19.9 Å². The predicted molar refractivity (Wildman–Crippen MR) is 95.5 cm³/mol. The van der Waals surface area contributed by atoms with Crippen molar-refractivity contribution in [1.29, 1.82) is 0 Å². The van der Waals surface area contributed by atoms with Crippen LogP contribution in [0.5, 0.6) is 0 Å². The maximum Gasteiger partial charge on any atom is 0.318 e. The molecule has 2 aliphatic rings. The molecule has 2 atom stereocenters. The van der Waals surface area contributed by atoms with E-state index >= 15 is 0 Å². The van der Waals surface area contributed by atoms with E-state index in [0.717, 1.165) is 5.56 Å². The van der Waals surface area contributed by atoms with E-state index in [-0.39, 0.29) is 29.1 Å². The van der Waals surface area contributed by atoms with Crippen molar-refractivity contribution in [2.75, 3.05) is 26.2 Å². The number of nitrogens with one attached hydrogen (secondary N) is 1. The van der Waals surface area contributed by atoms with Gasteiger partial charge in [-0.15, -0.1) is 0 Å². The second-order valence-electron chi connectivity index (χ2n) is 6.90. The lowest BCUT2D eigenvalue weighted by atomic mass is 10.1. The van der Waals surface area contributed by atoms with E-state index in [4.69, 9.17) is 16.3 Å². The molecule has 0 spiro atoms. The van der Waals surface area contributed by atoms with Crippen LogP contribution < -0.4 is 5.32 Å². The minimum absolute atomic E-state index is 0.0259. The summed E-state index contributed by atoms with van der Waals surface area (Å²) >= 11 is 5.83. The van der Waals surface area contributed by atoms with Crippen molar-refractivity contribution in [2.45, 2.75) is 38.5 Å². The Morgan fingerprint density at radius 1 is 1.38 bits per heavy atom. The van der Waals surface area contributed by atoms with E-state index < -0.39 is 11.9 Å². The van der Waals surface area contributed by atoms with E-state index in [0.29, 0.717) is 32.7 Å². The number of ether oxygens (including phenoxy) is 1. The molecule has 3 rings (SSSR count). The zero-order chi connectivity index (χ0) is 18.8. The Labute approximate surface area is 157 Å². The number of morpholine rings is 1. The van der Waals surface area contributed by atoms with E-state index in [1.54, 1.807) is 15.9 Å². The fourth-order valence-electron chi connectivity index (χ4n) is 3.34. The summed E-state index contributed by atoms with van der Waals surface area (Å²) in [6, 6.07) is 3.78. The third-order valence-electron chi connectivity index (χ3n) is 4.83. The maximum atomic E-state index is 13.3. The summed E-state index contributed by atoms with van der Waals surface area (Å²) in [7, 11) is 0. The van der Waals surface area contributed by atoms with Crippen LogP contribution in [0.2, 0.25) is 5.02 Å². The molecular formula is C18H23ClFN3O3. The fraction of sp³-hybridized carbons (Fsp3) is 0.556. The van der Waals surface area contributed by atoms with Crippen molar-refractivity contribution in [3.63, 3.8) is 0 Å². The molecule has 6 nitrogen and oxygen atoms in total. The van der Waals surface area contributed by atoms with Crippen LogP contribution in [0.15, 0.2) is 18.2 Å². The average molecular weight is 384 g/mol. The first-order valence-electron chi connectivity index (χ1n) is 8.79. The van der Waals surface area contributed by atoms with Crippen LogP contribution in [-0.2, 0) is 9.53 Å². The van der Waals surface area contributed by atoms with Crippen molar-refractivity contribution in [3.05, 3.63) is 34.6 Å². The topological polar surface area (TPSA) is 61.9 Å². The summed E-state index contributed by atoms with van der Waals surface area (Å²) in [5.41, 5.74) is 0.719. The largest absolute Gasteiger partial charge is 0.370 e. The summed E-state index contributed by atoms with van der Waals surface area (Å²) in [6.07, 6.45) is 0.239. The monoisotopic (exact) mass is 383 g/mol. The van der Waals surface area contributed by atoms with Crippen molar-refractivity contribution < 1.29 is 18.7 Å². The number of nitrogens with zero attached hydrogens (tertiary/aromatic N) is 2. The van der Waals surface area contributed by atoms with Crippen molar-refractivity contribution in [3.8, 4) is 0 Å². The Hall–Kier alpha value is -1.86. The Kier molecular flexibility index (Phi) is 5.67. The third-order valence-corrected chi connectivity index (χ3v) is 5.12. The van der Waals surface area contributed by atoms with Crippen LogP contribution in [0.3, 0.4) is 0 Å². The molecule has 2 heterocycles. The molecule has 142 valence electrons. The zero-order valence-corrected chi connectivity index (χ0v) is 15.6. The number of hydrogen-bond acceptors (Lipinski definition) is 3. The molecular weight excluding hydrogens is 361 g/mol. The second kappa shape index (κ2) is 7.80. The molecule has 26 heavy (non-hydrogen) atoms. The number of carbonyl (C=O) groups is 2. The summed E-state index contributed by atoms with van der Waals surface area (Å²) in [5, 5.41) is 2.86. The van der Waals surface area contributed by atoms with E-state index in [9.17, 15) is 14.0 Å². The summed E-state index contributed by atoms with van der Waals surface area (Å²) in [5.74, 6) is -0.529. The number of halogens is 2. The lowest BCUT2D eigenvalue weighted by Gasteiger charge is -2.34. The highest BCUT2D eigenvalue weighted by molar-refractivity contribution is 6.30. The molecule has 0 radical (unpaired) electrons. The molecule has 1 N–H and O–H groups in total.